The number of nitrogens with zero attached hydrogens (tertiary/aromatic N) is 2. The highest BCUT2D eigenvalue weighted by Gasteiger charge is 2.42. The number of halogens is 4. The Hall–Kier alpha value is -3.98. The molecule has 0 saturated carbocycles. The number of likely N-dealkylation sites (tertiary alicyclic amines) is 1. The van der Waals surface area contributed by atoms with Crippen molar-refractivity contribution in [2.24, 2.45) is 0 Å². The zero-order valence-corrected chi connectivity index (χ0v) is 24.7. The number of benzene rings is 2. The lowest BCUT2D eigenvalue weighted by molar-refractivity contribution is -0.160. The van der Waals surface area contributed by atoms with Gasteiger partial charge in [0.2, 0.25) is 15.5 Å². The van der Waals surface area contributed by atoms with Gasteiger partial charge in [0.05, 0.1) is 19.2 Å². The summed E-state index contributed by atoms with van der Waals surface area (Å²) in [7, 11) is 0. The number of carbonyl (C=O) groups is 2. The van der Waals surface area contributed by atoms with E-state index in [1.165, 1.54) is 4.90 Å². The minimum atomic E-state index is -3.05. The number of nitrogens with one attached hydrogen (secondary N) is 4. The van der Waals surface area contributed by atoms with Gasteiger partial charge in [-0.3, -0.25) is 20.0 Å². The average molecular weight is 702 g/mol. The van der Waals surface area contributed by atoms with Gasteiger partial charge in [-0.1, -0.05) is 36.4 Å². The lowest BCUT2D eigenvalue weighted by Crippen LogP contribution is -2.49. The fourth-order valence-electron chi connectivity index (χ4n) is 5.69. The van der Waals surface area contributed by atoms with Gasteiger partial charge in [-0.15, -0.1) is 0 Å². The number of alkyl halides is 4. The van der Waals surface area contributed by atoms with Crippen LogP contribution >= 0.6 is 22.6 Å². The molecule has 2 aliphatic rings. The van der Waals surface area contributed by atoms with Crippen molar-refractivity contribution in [3.8, 4) is 11.1 Å². The molecule has 3 atom stereocenters. The van der Waals surface area contributed by atoms with Crippen LogP contribution in [0.3, 0.4) is 0 Å². The molecular weight excluding hydrogens is 676 g/mol. The van der Waals surface area contributed by atoms with Gasteiger partial charge in [0, 0.05) is 58.6 Å². The van der Waals surface area contributed by atoms with E-state index >= 15 is 4.39 Å². The number of aromatic nitrogens is 2. The van der Waals surface area contributed by atoms with Crippen molar-refractivity contribution in [2.45, 2.75) is 35.4 Å². The maximum atomic E-state index is 15.5. The van der Waals surface area contributed by atoms with Crippen molar-refractivity contribution in [1.82, 2.24) is 25.5 Å². The van der Waals surface area contributed by atoms with Crippen molar-refractivity contribution in [3.63, 3.8) is 0 Å². The molecule has 9 nitrogen and oxygen atoms in total. The molecule has 1 fully saturated rings. The summed E-state index contributed by atoms with van der Waals surface area (Å²) < 4.78 is 44.5. The molecule has 1 unspecified atom stereocenters. The molecule has 2 aromatic heterocycles. The number of rotatable bonds is 8. The molecule has 1 saturated heterocycles. The highest BCUT2D eigenvalue weighted by atomic mass is 127. The van der Waals surface area contributed by atoms with Crippen LogP contribution in [0.5, 0.6) is 0 Å². The van der Waals surface area contributed by atoms with Crippen LogP contribution < -0.4 is 10.6 Å². The van der Waals surface area contributed by atoms with E-state index in [1.807, 2.05) is 18.2 Å². The summed E-state index contributed by atoms with van der Waals surface area (Å²) in [5.41, 5.74) is 4.44. The summed E-state index contributed by atoms with van der Waals surface area (Å²) in [5.74, 6) is -1.14. The number of H-pyrrole nitrogens is 1. The number of amidine groups is 1. The van der Waals surface area contributed by atoms with Crippen LogP contribution in [0.25, 0.3) is 22.0 Å². The quantitative estimate of drug-likeness (QED) is 0.0927. The first-order valence-corrected chi connectivity index (χ1v) is 14.6. The Labute approximate surface area is 257 Å². The molecule has 1 aliphatic heterocycles. The molecule has 2 aromatic carbocycles. The Kier molecular flexibility index (Phi) is 7.85. The highest BCUT2D eigenvalue weighted by molar-refractivity contribution is 14.1. The van der Waals surface area contributed by atoms with Gasteiger partial charge in [0.25, 0.3) is 0 Å². The SMILES string of the molecule is N=C(NCC(=O)N1C[C@H](OC(F)F)C[C@H]1C(=O)NCc1cc2cnccc2[nH]1)c1ccc2c(c1)-c1ccccc1C2(F)I. The summed E-state index contributed by atoms with van der Waals surface area (Å²) in [4.78, 5) is 34.8. The van der Waals surface area contributed by atoms with Gasteiger partial charge in [-0.05, 0) is 51.9 Å². The van der Waals surface area contributed by atoms with Gasteiger partial charge in [-0.25, -0.2) is 4.39 Å². The Balaban J connectivity index is 1.12. The van der Waals surface area contributed by atoms with E-state index in [2.05, 4.69) is 25.3 Å². The Morgan fingerprint density at radius 1 is 1.14 bits per heavy atom. The van der Waals surface area contributed by atoms with E-state index in [-0.39, 0.29) is 31.9 Å². The third-order valence-corrected chi connectivity index (χ3v) is 8.89. The zero-order valence-electron chi connectivity index (χ0n) is 22.5. The highest BCUT2D eigenvalue weighted by Crippen LogP contribution is 2.53. The fraction of sp³-hybridized carbons (Fsp3) is 0.267. The van der Waals surface area contributed by atoms with E-state index in [0.717, 1.165) is 16.5 Å². The largest absolute Gasteiger partial charge is 0.361 e. The molecule has 2 amide bonds. The topological polar surface area (TPSA) is 123 Å². The third kappa shape index (κ3) is 5.70. The molecule has 222 valence electrons. The van der Waals surface area contributed by atoms with E-state index in [1.54, 1.807) is 71.4 Å². The van der Waals surface area contributed by atoms with E-state index in [9.17, 15) is 18.4 Å². The number of aromatic amines is 1. The normalized spacial score (nSPS) is 20.7. The number of hydrogen-bond donors (Lipinski definition) is 4. The summed E-state index contributed by atoms with van der Waals surface area (Å²) in [6, 6.07) is 14.7. The van der Waals surface area contributed by atoms with Crippen molar-refractivity contribution >= 4 is 51.1 Å². The van der Waals surface area contributed by atoms with Crippen molar-refractivity contribution in [3.05, 3.63) is 89.4 Å². The van der Waals surface area contributed by atoms with Crippen LogP contribution in [0.4, 0.5) is 13.2 Å². The Morgan fingerprint density at radius 3 is 2.72 bits per heavy atom. The summed E-state index contributed by atoms with van der Waals surface area (Å²) >= 11 is 1.77. The monoisotopic (exact) mass is 702 g/mol. The number of amides is 2. The maximum absolute atomic E-state index is 15.5. The standard InChI is InChI=1S/C30H26F3IN6O3/c31-29(32)43-19-11-25(28(42)38-13-18-9-17-12-36-8-7-24(17)39-18)40(15-19)26(41)14-37-27(35)16-5-6-23-21(10-16)20-3-1-2-4-22(20)30(23,33)34/h1-10,12,19,25,29,39H,11,13-15H2,(H2,35,37)(H,38,42)/t19-,25+,30?/m1/s1. The first kappa shape index (κ1) is 29.1. The number of fused-ring (bicyclic) bond motifs is 4. The molecule has 4 aromatic rings. The molecule has 0 radical (unpaired) electrons. The predicted molar refractivity (Wildman–Crippen MR) is 162 cm³/mol. The number of pyridine rings is 1. The summed E-state index contributed by atoms with van der Waals surface area (Å²) in [6.07, 6.45) is 2.21. The second-order valence-electron chi connectivity index (χ2n) is 10.4. The van der Waals surface area contributed by atoms with Gasteiger partial charge in [0.1, 0.15) is 11.9 Å². The van der Waals surface area contributed by atoms with E-state index in [4.69, 9.17) is 5.41 Å². The molecule has 6 rings (SSSR count). The zero-order chi connectivity index (χ0) is 30.3. The number of carbonyl (C=O) groups excluding carboxylic acids is 2. The van der Waals surface area contributed by atoms with Crippen LogP contribution in [0, 0.1) is 5.41 Å². The van der Waals surface area contributed by atoms with E-state index in [0.29, 0.717) is 27.9 Å². The lowest BCUT2D eigenvalue weighted by atomic mass is 10.0. The van der Waals surface area contributed by atoms with Gasteiger partial charge in [0.15, 0.2) is 0 Å². The molecule has 0 spiro atoms. The Morgan fingerprint density at radius 2 is 1.93 bits per heavy atom. The van der Waals surface area contributed by atoms with Crippen molar-refractivity contribution in [1.29, 1.82) is 5.41 Å². The van der Waals surface area contributed by atoms with Crippen LogP contribution in [0.1, 0.15) is 28.8 Å². The second kappa shape index (κ2) is 11.6. The third-order valence-electron chi connectivity index (χ3n) is 7.73. The average Bonchev–Trinajstić information content (AvgIpc) is 3.67. The Bertz CT molecular complexity index is 1700. The predicted octanol–water partition coefficient (Wildman–Crippen LogP) is 4.59. The smallest absolute Gasteiger partial charge is 0.345 e. The van der Waals surface area contributed by atoms with E-state index < -0.39 is 34.2 Å². The molecule has 3 heterocycles. The minimum Gasteiger partial charge on any atom is -0.361 e. The van der Waals surface area contributed by atoms with Gasteiger partial charge in [-0.2, -0.15) is 8.78 Å². The first-order valence-electron chi connectivity index (χ1n) is 13.5. The van der Waals surface area contributed by atoms with Crippen LogP contribution in [0.2, 0.25) is 0 Å². The lowest BCUT2D eigenvalue weighted by Gasteiger charge is -2.24. The molecule has 13 heteroatoms. The maximum Gasteiger partial charge on any atom is 0.345 e. The summed E-state index contributed by atoms with van der Waals surface area (Å²) in [5, 5.41) is 14.9. The number of hydrogen-bond acceptors (Lipinski definition) is 5. The molecule has 1 aliphatic carbocycles. The number of ether oxygens (including phenoxy) is 1. The van der Waals surface area contributed by atoms with Crippen LogP contribution in [-0.4, -0.2) is 64.4 Å². The van der Waals surface area contributed by atoms with Gasteiger partial charge >= 0.3 is 6.61 Å². The molecule has 4 N–H and O–H groups in total. The van der Waals surface area contributed by atoms with Crippen molar-refractivity contribution < 1.29 is 27.5 Å². The van der Waals surface area contributed by atoms with Crippen molar-refractivity contribution in [2.75, 3.05) is 13.1 Å². The van der Waals surface area contributed by atoms with Crippen LogP contribution in [0.15, 0.2) is 67.0 Å². The molecule has 0 bridgehead atoms. The molecular formula is C30H26F3IN6O3. The molecule has 43 heavy (non-hydrogen) atoms. The van der Waals surface area contributed by atoms with Crippen LogP contribution in [-0.2, 0) is 24.5 Å². The second-order valence-corrected chi connectivity index (χ2v) is 11.9. The minimum absolute atomic E-state index is 0.0765. The summed E-state index contributed by atoms with van der Waals surface area (Å²) in [6.45, 7) is -3.47. The first-order chi connectivity index (χ1) is 20.6. The fourth-order valence-corrected chi connectivity index (χ4v) is 6.63. The van der Waals surface area contributed by atoms with Gasteiger partial charge < -0.3 is 25.3 Å².